The SMILES string of the molecule is C=CCOC(=O)Nc1cccc(C(C)(NC(=O)OC(C)(C)C)C(=O)O)c1. The van der Waals surface area contributed by atoms with Gasteiger partial charge in [-0.25, -0.2) is 14.4 Å². The minimum Gasteiger partial charge on any atom is -0.479 e. The predicted octanol–water partition coefficient (Wildman–Crippen LogP) is 3.25. The van der Waals surface area contributed by atoms with Gasteiger partial charge in [0, 0.05) is 5.69 Å². The van der Waals surface area contributed by atoms with Crippen LogP contribution < -0.4 is 10.6 Å². The van der Waals surface area contributed by atoms with E-state index in [2.05, 4.69) is 17.2 Å². The Kier molecular flexibility index (Phi) is 6.77. The van der Waals surface area contributed by atoms with Crippen LogP contribution in [-0.2, 0) is 19.8 Å². The first kappa shape index (κ1) is 21.0. The maximum absolute atomic E-state index is 12.0. The third-order valence-corrected chi connectivity index (χ3v) is 3.20. The number of nitrogens with one attached hydrogen (secondary N) is 2. The molecule has 142 valence electrons. The van der Waals surface area contributed by atoms with Gasteiger partial charge in [-0.3, -0.25) is 5.32 Å². The second-order valence-electron chi connectivity index (χ2n) is 6.65. The van der Waals surface area contributed by atoms with Gasteiger partial charge >= 0.3 is 18.2 Å². The lowest BCUT2D eigenvalue weighted by molar-refractivity contribution is -0.144. The summed E-state index contributed by atoms with van der Waals surface area (Å²) in [5.74, 6) is -1.28. The number of benzene rings is 1. The fourth-order valence-corrected chi connectivity index (χ4v) is 1.95. The number of ether oxygens (including phenoxy) is 2. The van der Waals surface area contributed by atoms with E-state index < -0.39 is 29.3 Å². The molecule has 0 saturated heterocycles. The van der Waals surface area contributed by atoms with Crippen molar-refractivity contribution in [3.05, 3.63) is 42.5 Å². The molecule has 0 aromatic heterocycles. The van der Waals surface area contributed by atoms with E-state index in [-0.39, 0.29) is 12.2 Å². The maximum Gasteiger partial charge on any atom is 0.411 e. The Morgan fingerprint density at radius 2 is 1.85 bits per heavy atom. The normalized spacial score (nSPS) is 13.1. The lowest BCUT2D eigenvalue weighted by Crippen LogP contribution is -2.51. The fourth-order valence-electron chi connectivity index (χ4n) is 1.95. The molecular formula is C18H24N2O6. The molecule has 0 aliphatic heterocycles. The summed E-state index contributed by atoms with van der Waals surface area (Å²) in [6.07, 6.45) is -0.159. The Morgan fingerprint density at radius 3 is 2.38 bits per heavy atom. The zero-order chi connectivity index (χ0) is 20.0. The monoisotopic (exact) mass is 364 g/mol. The van der Waals surface area contributed by atoms with E-state index in [0.29, 0.717) is 5.69 Å². The van der Waals surface area contributed by atoms with Crippen molar-refractivity contribution in [1.82, 2.24) is 5.32 Å². The minimum atomic E-state index is -1.76. The molecule has 8 heteroatoms. The molecule has 1 unspecified atom stereocenters. The lowest BCUT2D eigenvalue weighted by atomic mass is 9.92. The smallest absolute Gasteiger partial charge is 0.411 e. The molecule has 3 N–H and O–H groups in total. The third-order valence-electron chi connectivity index (χ3n) is 3.20. The van der Waals surface area contributed by atoms with Gasteiger partial charge in [0.2, 0.25) is 0 Å². The zero-order valence-electron chi connectivity index (χ0n) is 15.3. The van der Waals surface area contributed by atoms with Crippen LogP contribution in [0.2, 0.25) is 0 Å². The van der Waals surface area contributed by atoms with Gasteiger partial charge in [-0.05, 0) is 45.4 Å². The number of carboxylic acid groups (broad SMARTS) is 1. The first-order chi connectivity index (χ1) is 12.0. The average molecular weight is 364 g/mol. The number of anilines is 1. The van der Waals surface area contributed by atoms with Gasteiger partial charge in [-0.2, -0.15) is 0 Å². The van der Waals surface area contributed by atoms with E-state index in [1.54, 1.807) is 32.9 Å². The molecule has 0 aliphatic carbocycles. The number of amides is 2. The zero-order valence-corrected chi connectivity index (χ0v) is 15.3. The summed E-state index contributed by atoms with van der Waals surface area (Å²) in [5.41, 5.74) is -1.97. The quantitative estimate of drug-likeness (QED) is 0.668. The lowest BCUT2D eigenvalue weighted by Gasteiger charge is -2.29. The van der Waals surface area contributed by atoms with Gasteiger partial charge in [0.05, 0.1) is 0 Å². The molecule has 1 atom stereocenters. The molecule has 8 nitrogen and oxygen atoms in total. The van der Waals surface area contributed by atoms with Crippen molar-refractivity contribution in [2.24, 2.45) is 0 Å². The number of alkyl carbamates (subject to hydrolysis) is 1. The molecule has 1 aromatic carbocycles. The van der Waals surface area contributed by atoms with Gasteiger partial charge in [0.1, 0.15) is 12.2 Å². The second kappa shape index (κ2) is 8.37. The van der Waals surface area contributed by atoms with Gasteiger partial charge in [-0.1, -0.05) is 24.8 Å². The molecule has 26 heavy (non-hydrogen) atoms. The maximum atomic E-state index is 12.0. The standard InChI is InChI=1S/C18H24N2O6/c1-6-10-25-15(23)19-13-9-7-8-12(11-13)18(5,14(21)22)20-16(24)26-17(2,3)4/h6-9,11H,1,10H2,2-5H3,(H,19,23)(H,20,24)(H,21,22). The van der Waals surface area contributed by atoms with E-state index in [1.807, 2.05) is 0 Å². The molecule has 0 radical (unpaired) electrons. The van der Waals surface area contributed by atoms with Gasteiger partial charge < -0.3 is 19.9 Å². The molecule has 0 fully saturated rings. The van der Waals surface area contributed by atoms with E-state index in [9.17, 15) is 19.5 Å². The minimum absolute atomic E-state index is 0.0402. The summed E-state index contributed by atoms with van der Waals surface area (Å²) in [6.45, 7) is 9.82. The highest BCUT2D eigenvalue weighted by atomic mass is 16.6. The van der Waals surface area contributed by atoms with Crippen molar-refractivity contribution in [2.75, 3.05) is 11.9 Å². The van der Waals surface area contributed by atoms with E-state index >= 15 is 0 Å². The first-order valence-corrected chi connectivity index (χ1v) is 7.87. The average Bonchev–Trinajstić information content (AvgIpc) is 2.51. The van der Waals surface area contributed by atoms with E-state index in [4.69, 9.17) is 9.47 Å². The Bertz CT molecular complexity index is 695. The van der Waals surface area contributed by atoms with Crippen LogP contribution >= 0.6 is 0 Å². The third kappa shape index (κ3) is 6.12. The summed E-state index contributed by atoms with van der Waals surface area (Å²) < 4.78 is 9.94. The molecule has 0 saturated carbocycles. The summed E-state index contributed by atoms with van der Waals surface area (Å²) in [4.78, 5) is 35.5. The van der Waals surface area contributed by atoms with E-state index in [0.717, 1.165) is 0 Å². The van der Waals surface area contributed by atoms with Crippen LogP contribution in [0.4, 0.5) is 15.3 Å². The molecule has 1 rings (SSSR count). The number of hydrogen-bond donors (Lipinski definition) is 3. The molecule has 0 spiro atoms. The number of carbonyl (C=O) groups is 3. The number of rotatable bonds is 6. The van der Waals surface area contributed by atoms with Crippen LogP contribution in [0.25, 0.3) is 0 Å². The highest BCUT2D eigenvalue weighted by Crippen LogP contribution is 2.25. The summed E-state index contributed by atoms with van der Waals surface area (Å²) in [5, 5.41) is 14.5. The highest BCUT2D eigenvalue weighted by Gasteiger charge is 2.38. The second-order valence-corrected chi connectivity index (χ2v) is 6.65. The summed E-state index contributed by atoms with van der Waals surface area (Å²) in [7, 11) is 0. The van der Waals surface area contributed by atoms with Crippen molar-refractivity contribution in [3.8, 4) is 0 Å². The van der Waals surface area contributed by atoms with E-state index in [1.165, 1.54) is 25.1 Å². The van der Waals surface area contributed by atoms with Crippen LogP contribution in [0.1, 0.15) is 33.3 Å². The Hall–Kier alpha value is -3.03. The van der Waals surface area contributed by atoms with Crippen LogP contribution in [0, 0.1) is 0 Å². The van der Waals surface area contributed by atoms with Gasteiger partial charge in [0.25, 0.3) is 0 Å². The first-order valence-electron chi connectivity index (χ1n) is 7.87. The summed E-state index contributed by atoms with van der Waals surface area (Å²) >= 11 is 0. The fraction of sp³-hybridized carbons (Fsp3) is 0.389. The molecule has 2 amide bonds. The predicted molar refractivity (Wildman–Crippen MR) is 96.0 cm³/mol. The van der Waals surface area contributed by atoms with Crippen LogP contribution in [0.15, 0.2) is 36.9 Å². The Balaban J connectivity index is 3.04. The molecule has 1 aromatic rings. The van der Waals surface area contributed by atoms with Gasteiger partial charge in [0.15, 0.2) is 5.54 Å². The van der Waals surface area contributed by atoms with Crippen LogP contribution in [0.5, 0.6) is 0 Å². The largest absolute Gasteiger partial charge is 0.479 e. The highest BCUT2D eigenvalue weighted by molar-refractivity contribution is 5.88. The van der Waals surface area contributed by atoms with Crippen molar-refractivity contribution in [3.63, 3.8) is 0 Å². The van der Waals surface area contributed by atoms with Gasteiger partial charge in [-0.15, -0.1) is 0 Å². The number of hydrogen-bond acceptors (Lipinski definition) is 5. The van der Waals surface area contributed by atoms with Crippen molar-refractivity contribution in [2.45, 2.75) is 38.8 Å². The Labute approximate surface area is 152 Å². The number of carboxylic acids is 1. The summed E-state index contributed by atoms with van der Waals surface area (Å²) in [6, 6.07) is 6.07. The Morgan fingerprint density at radius 1 is 1.19 bits per heavy atom. The van der Waals surface area contributed by atoms with Crippen molar-refractivity contribution >= 4 is 23.8 Å². The topological polar surface area (TPSA) is 114 Å². The van der Waals surface area contributed by atoms with Crippen LogP contribution in [0.3, 0.4) is 0 Å². The molecular weight excluding hydrogens is 340 g/mol. The molecule has 0 heterocycles. The molecule has 0 bridgehead atoms. The van der Waals surface area contributed by atoms with Crippen molar-refractivity contribution < 1.29 is 29.0 Å². The molecule has 0 aliphatic rings. The number of aliphatic carboxylic acids is 1. The van der Waals surface area contributed by atoms with Crippen molar-refractivity contribution in [1.29, 1.82) is 0 Å². The van der Waals surface area contributed by atoms with Crippen LogP contribution in [-0.4, -0.2) is 35.5 Å². The number of carbonyl (C=O) groups excluding carboxylic acids is 2.